The van der Waals surface area contributed by atoms with Gasteiger partial charge in [-0.25, -0.2) is 0 Å². The fourth-order valence-electron chi connectivity index (χ4n) is 3.41. The number of aryl methyl sites for hydroxylation is 1. The van der Waals surface area contributed by atoms with Crippen molar-refractivity contribution in [3.05, 3.63) is 76.4 Å². The quantitative estimate of drug-likeness (QED) is 0.406. The number of hydrogen-bond donors (Lipinski definition) is 0. The van der Waals surface area contributed by atoms with Gasteiger partial charge < -0.3 is 0 Å². The number of ketones is 1. The third-order valence-corrected chi connectivity index (χ3v) is 5.45. The molecule has 0 aliphatic rings. The van der Waals surface area contributed by atoms with Crippen LogP contribution >= 0.6 is 0 Å². The fourth-order valence-corrected chi connectivity index (χ4v) is 3.41. The second-order valence-electron chi connectivity index (χ2n) is 7.32. The molecule has 1 atom stereocenters. The molecule has 0 aliphatic heterocycles. The Hall–Kier alpha value is -2.92. The number of Topliss-reactive ketones (excluding diaryl/α,β-unsaturated/α-hetero) is 1. The van der Waals surface area contributed by atoms with E-state index in [1.807, 2.05) is 45.1 Å². The first-order valence-corrected chi connectivity index (χ1v) is 9.84. The molecule has 2 nitrogen and oxygen atoms in total. The molecule has 0 fully saturated rings. The summed E-state index contributed by atoms with van der Waals surface area (Å²) in [5.41, 5.74) is 7.40. The lowest BCUT2D eigenvalue weighted by molar-refractivity contribution is -0.113. The standard InChI is InChI=1S/C26H29NO/c1-7-9-24(19(5)20(6)28)25-18(4)10-11-23(16-27)26(25)22-14-12-21(13-15-22)17(3)8-2/h7,9-15,17H,8H2,1-6H3/b9-7-,24-19-. The minimum absolute atomic E-state index is 0.0351. The van der Waals surface area contributed by atoms with Crippen LogP contribution in [0, 0.1) is 18.3 Å². The van der Waals surface area contributed by atoms with Crippen LogP contribution in [0.2, 0.25) is 0 Å². The highest BCUT2D eigenvalue weighted by Gasteiger charge is 2.18. The van der Waals surface area contributed by atoms with E-state index in [4.69, 9.17) is 0 Å². The summed E-state index contributed by atoms with van der Waals surface area (Å²) in [6.07, 6.45) is 5.00. The number of rotatable bonds is 6. The molecular formula is C26H29NO. The molecule has 1 unspecified atom stereocenters. The SMILES string of the molecule is C/C=C\C(=C(/C)C(C)=O)c1c(C)ccc(C#N)c1-c1ccc(C(C)CC)cc1. The molecular weight excluding hydrogens is 342 g/mol. The molecule has 0 spiro atoms. The third kappa shape index (κ3) is 4.31. The van der Waals surface area contributed by atoms with Crippen molar-refractivity contribution in [1.82, 2.24) is 0 Å². The molecule has 0 radical (unpaired) electrons. The first-order chi connectivity index (χ1) is 13.3. The van der Waals surface area contributed by atoms with Gasteiger partial charge in [-0.15, -0.1) is 0 Å². The van der Waals surface area contributed by atoms with E-state index in [-0.39, 0.29) is 5.78 Å². The van der Waals surface area contributed by atoms with Gasteiger partial charge in [0.05, 0.1) is 11.6 Å². The van der Waals surface area contributed by atoms with Crippen LogP contribution in [0.5, 0.6) is 0 Å². The Morgan fingerprint density at radius 2 is 1.79 bits per heavy atom. The number of allylic oxidation sites excluding steroid dienone is 4. The maximum Gasteiger partial charge on any atom is 0.156 e. The highest BCUT2D eigenvalue weighted by atomic mass is 16.1. The Bertz CT molecular complexity index is 969. The normalized spacial score (nSPS) is 13.2. The van der Waals surface area contributed by atoms with E-state index in [0.717, 1.165) is 34.2 Å². The van der Waals surface area contributed by atoms with E-state index in [1.54, 1.807) is 6.92 Å². The molecule has 2 aromatic carbocycles. The Balaban J connectivity index is 2.84. The average Bonchev–Trinajstić information content (AvgIpc) is 2.71. The second-order valence-corrected chi connectivity index (χ2v) is 7.32. The van der Waals surface area contributed by atoms with Gasteiger partial charge in [0.1, 0.15) is 0 Å². The number of carbonyl (C=O) groups is 1. The van der Waals surface area contributed by atoms with E-state index < -0.39 is 0 Å². The van der Waals surface area contributed by atoms with Crippen molar-refractivity contribution in [3.8, 4) is 17.2 Å². The topological polar surface area (TPSA) is 40.9 Å². The summed E-state index contributed by atoms with van der Waals surface area (Å²) >= 11 is 0. The molecule has 2 rings (SSSR count). The zero-order valence-corrected chi connectivity index (χ0v) is 17.8. The van der Waals surface area contributed by atoms with Gasteiger partial charge >= 0.3 is 0 Å². The van der Waals surface area contributed by atoms with Crippen LogP contribution in [0.15, 0.2) is 54.1 Å². The second kappa shape index (κ2) is 9.33. The lowest BCUT2D eigenvalue weighted by Crippen LogP contribution is -2.02. The van der Waals surface area contributed by atoms with Crippen LogP contribution in [0.3, 0.4) is 0 Å². The van der Waals surface area contributed by atoms with E-state index >= 15 is 0 Å². The van der Waals surface area contributed by atoms with Crippen molar-refractivity contribution in [2.24, 2.45) is 0 Å². The Morgan fingerprint density at radius 1 is 1.14 bits per heavy atom. The van der Waals surface area contributed by atoms with E-state index in [1.165, 1.54) is 5.56 Å². The van der Waals surface area contributed by atoms with Gasteiger partial charge in [-0.2, -0.15) is 5.26 Å². The van der Waals surface area contributed by atoms with Crippen LogP contribution < -0.4 is 0 Å². The van der Waals surface area contributed by atoms with Crippen LogP contribution in [-0.2, 0) is 4.79 Å². The summed E-state index contributed by atoms with van der Waals surface area (Å²) in [7, 11) is 0. The summed E-state index contributed by atoms with van der Waals surface area (Å²) in [4.78, 5) is 12.1. The van der Waals surface area contributed by atoms with Gasteiger partial charge in [0, 0.05) is 5.56 Å². The summed E-state index contributed by atoms with van der Waals surface area (Å²) in [5, 5.41) is 9.78. The van der Waals surface area contributed by atoms with Gasteiger partial charge in [0.25, 0.3) is 0 Å². The molecule has 2 aromatic rings. The highest BCUT2D eigenvalue weighted by Crippen LogP contribution is 2.37. The largest absolute Gasteiger partial charge is 0.295 e. The van der Waals surface area contributed by atoms with Crippen molar-refractivity contribution in [2.45, 2.75) is 53.9 Å². The fraction of sp³-hybridized carbons (Fsp3) is 0.308. The number of benzene rings is 2. The molecule has 0 heterocycles. The molecule has 0 bridgehead atoms. The first kappa shape index (κ1) is 21.4. The molecule has 144 valence electrons. The first-order valence-electron chi connectivity index (χ1n) is 9.84. The van der Waals surface area contributed by atoms with Crippen molar-refractivity contribution in [2.75, 3.05) is 0 Å². The molecule has 28 heavy (non-hydrogen) atoms. The lowest BCUT2D eigenvalue weighted by Gasteiger charge is -2.18. The van der Waals surface area contributed by atoms with Gasteiger partial charge in [-0.3, -0.25) is 4.79 Å². The number of nitriles is 1. The monoisotopic (exact) mass is 371 g/mol. The number of nitrogens with zero attached hydrogens (tertiary/aromatic N) is 1. The predicted molar refractivity (Wildman–Crippen MR) is 118 cm³/mol. The minimum atomic E-state index is 0.0351. The Kier molecular flexibility index (Phi) is 7.12. The summed E-state index contributed by atoms with van der Waals surface area (Å²) < 4.78 is 0. The zero-order chi connectivity index (χ0) is 20.8. The lowest BCUT2D eigenvalue weighted by atomic mass is 9.84. The van der Waals surface area contributed by atoms with Crippen molar-refractivity contribution < 1.29 is 4.79 Å². The summed E-state index contributed by atoms with van der Waals surface area (Å²) in [5.74, 6) is 0.535. The Morgan fingerprint density at radius 3 is 2.29 bits per heavy atom. The maximum atomic E-state index is 12.1. The van der Waals surface area contributed by atoms with E-state index in [9.17, 15) is 10.1 Å². The molecule has 2 heteroatoms. The number of hydrogen-bond acceptors (Lipinski definition) is 2. The minimum Gasteiger partial charge on any atom is -0.295 e. The highest BCUT2D eigenvalue weighted by molar-refractivity contribution is 6.05. The molecule has 0 aromatic heterocycles. The van der Waals surface area contributed by atoms with Gasteiger partial charge in [0.15, 0.2) is 5.78 Å². The van der Waals surface area contributed by atoms with Crippen LogP contribution in [-0.4, -0.2) is 5.78 Å². The predicted octanol–water partition coefficient (Wildman–Crippen LogP) is 6.99. The van der Waals surface area contributed by atoms with Gasteiger partial charge in [0.2, 0.25) is 0 Å². The molecule has 0 amide bonds. The van der Waals surface area contributed by atoms with Gasteiger partial charge in [-0.1, -0.05) is 56.3 Å². The zero-order valence-electron chi connectivity index (χ0n) is 17.8. The molecule has 0 aliphatic carbocycles. The summed E-state index contributed by atoms with van der Waals surface area (Å²) in [6, 6.07) is 14.7. The molecule has 0 saturated heterocycles. The van der Waals surface area contributed by atoms with Crippen LogP contribution in [0.1, 0.15) is 69.2 Å². The van der Waals surface area contributed by atoms with Gasteiger partial charge in [-0.05, 0) is 79.5 Å². The van der Waals surface area contributed by atoms with Crippen molar-refractivity contribution in [1.29, 1.82) is 5.26 Å². The smallest absolute Gasteiger partial charge is 0.156 e. The van der Waals surface area contributed by atoms with Crippen LogP contribution in [0.25, 0.3) is 16.7 Å². The molecule has 0 saturated carbocycles. The number of carbonyl (C=O) groups excluding carboxylic acids is 1. The van der Waals surface area contributed by atoms with Crippen molar-refractivity contribution in [3.63, 3.8) is 0 Å². The Labute approximate surface area is 169 Å². The molecule has 0 N–H and O–H groups in total. The van der Waals surface area contributed by atoms with Crippen LogP contribution in [0.4, 0.5) is 0 Å². The third-order valence-electron chi connectivity index (χ3n) is 5.45. The van der Waals surface area contributed by atoms with Crippen molar-refractivity contribution >= 4 is 11.4 Å². The summed E-state index contributed by atoms with van der Waals surface area (Å²) in [6.45, 7) is 11.8. The maximum absolute atomic E-state index is 12.1. The average molecular weight is 372 g/mol. The van der Waals surface area contributed by atoms with E-state index in [2.05, 4.69) is 44.2 Å². The van der Waals surface area contributed by atoms with E-state index in [0.29, 0.717) is 17.1 Å².